The minimum absolute atomic E-state index is 0.102. The van der Waals surface area contributed by atoms with Gasteiger partial charge in [0.05, 0.1) is 17.6 Å². The van der Waals surface area contributed by atoms with Crippen LogP contribution in [0.2, 0.25) is 0 Å². The summed E-state index contributed by atoms with van der Waals surface area (Å²) in [5, 5.41) is 13.2. The summed E-state index contributed by atoms with van der Waals surface area (Å²) in [4.78, 5) is 48.8. The largest absolute Gasteiger partial charge is 0.356 e. The fourth-order valence-electron chi connectivity index (χ4n) is 3.59. The highest BCUT2D eigenvalue weighted by Gasteiger charge is 2.39. The lowest BCUT2D eigenvalue weighted by molar-refractivity contribution is -0.137. The predicted molar refractivity (Wildman–Crippen MR) is 99.8 cm³/mol. The number of fused-ring (bicyclic) bond motifs is 1. The lowest BCUT2D eigenvalue weighted by Gasteiger charge is -2.29. The molecule has 0 bridgehead atoms. The van der Waals surface area contributed by atoms with Crippen LogP contribution in [-0.4, -0.2) is 56.1 Å². The Morgan fingerprint density at radius 1 is 1.31 bits per heavy atom. The smallest absolute Gasteiger partial charge is 0.255 e. The first-order valence-corrected chi connectivity index (χ1v) is 9.36. The number of carbonyl (C=O) groups excluding carboxylic acids is 4. The molecule has 4 rings (SSSR count). The zero-order valence-corrected chi connectivity index (χ0v) is 15.8. The summed E-state index contributed by atoms with van der Waals surface area (Å²) >= 11 is 0. The molecule has 2 N–H and O–H groups in total. The number of amides is 4. The molecule has 0 spiro atoms. The topological polar surface area (TPSA) is 126 Å². The lowest BCUT2D eigenvalue weighted by atomic mass is 10.0. The normalized spacial score (nSPS) is 18.6. The van der Waals surface area contributed by atoms with Crippen LogP contribution in [0.25, 0.3) is 5.69 Å². The zero-order chi connectivity index (χ0) is 20.5. The molecule has 1 saturated heterocycles. The number of piperidine rings is 1. The number of aromatic nitrogens is 3. The van der Waals surface area contributed by atoms with E-state index >= 15 is 0 Å². The Labute approximate surface area is 166 Å². The number of rotatable bonds is 5. The fraction of sp³-hybridized carbons (Fsp3) is 0.368. The van der Waals surface area contributed by atoms with Crippen LogP contribution in [0.4, 0.5) is 0 Å². The average molecular weight is 396 g/mol. The van der Waals surface area contributed by atoms with Crippen molar-refractivity contribution in [3.05, 3.63) is 41.2 Å². The minimum atomic E-state index is -0.636. The van der Waals surface area contributed by atoms with Crippen molar-refractivity contribution < 1.29 is 19.2 Å². The van der Waals surface area contributed by atoms with Gasteiger partial charge >= 0.3 is 0 Å². The van der Waals surface area contributed by atoms with Crippen LogP contribution in [-0.2, 0) is 27.3 Å². The number of imide groups is 1. The van der Waals surface area contributed by atoms with Crippen molar-refractivity contribution in [3.63, 3.8) is 0 Å². The highest BCUT2D eigenvalue weighted by molar-refractivity contribution is 6.05. The molecule has 4 amide bonds. The third-order valence-corrected chi connectivity index (χ3v) is 5.07. The molecule has 10 nitrogen and oxygen atoms in total. The summed E-state index contributed by atoms with van der Waals surface area (Å²) < 4.78 is 1.57. The standard InChI is InChI=1S/C19H20N6O4/c1-11(26)20-7-6-13-10-25(23-22-13)14-3-2-12-9-24(19(29)15(12)8-14)16-4-5-17(27)21-18(16)28/h2-3,8,10,16H,4-7,9H2,1H3,(H,20,26)(H,21,27,28). The molecular weight excluding hydrogens is 376 g/mol. The minimum Gasteiger partial charge on any atom is -0.356 e. The van der Waals surface area contributed by atoms with Crippen molar-refractivity contribution >= 4 is 23.6 Å². The number of carbonyl (C=O) groups is 4. The number of nitrogens with one attached hydrogen (secondary N) is 2. The Hall–Kier alpha value is -3.56. The second kappa shape index (κ2) is 7.46. The first kappa shape index (κ1) is 18.8. The molecule has 1 atom stereocenters. The molecule has 1 aromatic heterocycles. The first-order valence-electron chi connectivity index (χ1n) is 9.36. The van der Waals surface area contributed by atoms with Gasteiger partial charge in [0.15, 0.2) is 0 Å². The van der Waals surface area contributed by atoms with Gasteiger partial charge in [0.2, 0.25) is 17.7 Å². The summed E-state index contributed by atoms with van der Waals surface area (Å²) in [6, 6.07) is 4.78. The monoisotopic (exact) mass is 396 g/mol. The average Bonchev–Trinajstić information content (AvgIpc) is 3.26. The van der Waals surface area contributed by atoms with Crippen molar-refractivity contribution in [3.8, 4) is 5.69 Å². The summed E-state index contributed by atoms with van der Waals surface area (Å²) in [5.74, 6) is -1.07. The van der Waals surface area contributed by atoms with Crippen LogP contribution < -0.4 is 10.6 Å². The van der Waals surface area contributed by atoms with Gasteiger partial charge in [-0.05, 0) is 24.1 Å². The number of nitrogens with zero attached hydrogens (tertiary/aromatic N) is 4. The molecule has 150 valence electrons. The molecule has 1 unspecified atom stereocenters. The summed E-state index contributed by atoms with van der Waals surface area (Å²) in [5.41, 5.74) is 2.74. The van der Waals surface area contributed by atoms with Crippen molar-refractivity contribution in [2.75, 3.05) is 6.54 Å². The van der Waals surface area contributed by atoms with Gasteiger partial charge in [0.1, 0.15) is 6.04 Å². The molecule has 29 heavy (non-hydrogen) atoms. The van der Waals surface area contributed by atoms with E-state index in [0.717, 1.165) is 11.3 Å². The van der Waals surface area contributed by atoms with Crippen LogP contribution in [0.3, 0.4) is 0 Å². The number of hydrogen-bond acceptors (Lipinski definition) is 6. The van der Waals surface area contributed by atoms with E-state index in [4.69, 9.17) is 0 Å². The summed E-state index contributed by atoms with van der Waals surface area (Å²) in [7, 11) is 0. The summed E-state index contributed by atoms with van der Waals surface area (Å²) in [6.07, 6.45) is 2.85. The van der Waals surface area contributed by atoms with E-state index in [1.54, 1.807) is 16.9 Å². The Kier molecular flexibility index (Phi) is 4.83. The highest BCUT2D eigenvalue weighted by atomic mass is 16.2. The molecule has 0 radical (unpaired) electrons. The SMILES string of the molecule is CC(=O)NCCc1cn(-c2ccc3c(c2)C(=O)N(C2CCC(=O)NC2=O)C3)nn1. The van der Waals surface area contributed by atoms with E-state index in [1.807, 2.05) is 12.1 Å². The van der Waals surface area contributed by atoms with E-state index in [-0.39, 0.29) is 24.1 Å². The van der Waals surface area contributed by atoms with Crippen molar-refractivity contribution in [1.29, 1.82) is 0 Å². The maximum Gasteiger partial charge on any atom is 0.255 e. The first-order chi connectivity index (χ1) is 13.9. The highest BCUT2D eigenvalue weighted by Crippen LogP contribution is 2.28. The maximum absolute atomic E-state index is 12.9. The Balaban J connectivity index is 1.50. The van der Waals surface area contributed by atoms with Crippen LogP contribution in [0, 0.1) is 0 Å². The van der Waals surface area contributed by atoms with E-state index in [9.17, 15) is 19.2 Å². The van der Waals surface area contributed by atoms with Gasteiger partial charge < -0.3 is 10.2 Å². The molecule has 1 fully saturated rings. The second-order valence-electron chi connectivity index (χ2n) is 7.13. The van der Waals surface area contributed by atoms with E-state index in [1.165, 1.54) is 11.8 Å². The number of benzene rings is 1. The quantitative estimate of drug-likeness (QED) is 0.669. The lowest BCUT2D eigenvalue weighted by Crippen LogP contribution is -2.52. The predicted octanol–water partition coefficient (Wildman–Crippen LogP) is -0.293. The van der Waals surface area contributed by atoms with Crippen molar-refractivity contribution in [2.24, 2.45) is 0 Å². The van der Waals surface area contributed by atoms with Gasteiger partial charge in [0, 0.05) is 38.4 Å². The van der Waals surface area contributed by atoms with Crippen LogP contribution in [0.1, 0.15) is 41.4 Å². The molecule has 3 heterocycles. The van der Waals surface area contributed by atoms with Gasteiger partial charge in [0.25, 0.3) is 5.91 Å². The molecule has 2 aliphatic rings. The molecule has 1 aromatic carbocycles. The zero-order valence-electron chi connectivity index (χ0n) is 15.8. The molecule has 10 heteroatoms. The van der Waals surface area contributed by atoms with Gasteiger partial charge in [-0.1, -0.05) is 11.3 Å². The van der Waals surface area contributed by atoms with E-state index in [0.29, 0.717) is 37.2 Å². The maximum atomic E-state index is 12.9. The molecule has 2 aliphatic heterocycles. The molecule has 2 aromatic rings. The van der Waals surface area contributed by atoms with Crippen LogP contribution >= 0.6 is 0 Å². The summed E-state index contributed by atoms with van der Waals surface area (Å²) in [6.45, 7) is 2.26. The van der Waals surface area contributed by atoms with Crippen molar-refractivity contribution in [2.45, 2.75) is 38.8 Å². The second-order valence-corrected chi connectivity index (χ2v) is 7.13. The third-order valence-electron chi connectivity index (χ3n) is 5.07. The Morgan fingerprint density at radius 3 is 2.90 bits per heavy atom. The molecule has 0 saturated carbocycles. The fourth-order valence-corrected chi connectivity index (χ4v) is 3.59. The number of hydrogen-bond donors (Lipinski definition) is 2. The van der Waals surface area contributed by atoms with Gasteiger partial charge in [-0.25, -0.2) is 4.68 Å². The third kappa shape index (κ3) is 3.73. The van der Waals surface area contributed by atoms with E-state index in [2.05, 4.69) is 20.9 Å². The van der Waals surface area contributed by atoms with Crippen LogP contribution in [0.5, 0.6) is 0 Å². The van der Waals surface area contributed by atoms with Crippen molar-refractivity contribution in [1.82, 2.24) is 30.5 Å². The molecule has 0 aliphatic carbocycles. The van der Waals surface area contributed by atoms with Gasteiger partial charge in [-0.3, -0.25) is 24.5 Å². The Morgan fingerprint density at radius 2 is 2.14 bits per heavy atom. The van der Waals surface area contributed by atoms with Gasteiger partial charge in [-0.2, -0.15) is 0 Å². The van der Waals surface area contributed by atoms with Crippen LogP contribution in [0.15, 0.2) is 24.4 Å². The van der Waals surface area contributed by atoms with Gasteiger partial charge in [-0.15, -0.1) is 5.10 Å². The molecular formula is C19H20N6O4. The van der Waals surface area contributed by atoms with E-state index < -0.39 is 11.9 Å². The Bertz CT molecular complexity index is 1010.